The minimum absolute atomic E-state index is 0.0909. The molecule has 1 aliphatic carbocycles. The highest BCUT2D eigenvalue weighted by atomic mass is 16.5. The summed E-state index contributed by atoms with van der Waals surface area (Å²) in [6.07, 6.45) is 11.3. The largest absolute Gasteiger partial charge is 0.488 e. The molecule has 0 radical (unpaired) electrons. The van der Waals surface area contributed by atoms with Crippen LogP contribution in [0.5, 0.6) is 5.75 Å². The molecule has 6 heteroatoms. The van der Waals surface area contributed by atoms with Crippen molar-refractivity contribution in [3.05, 3.63) is 95.2 Å². The highest BCUT2D eigenvalue weighted by Gasteiger charge is 2.25. The van der Waals surface area contributed by atoms with E-state index in [1.54, 1.807) is 10.6 Å². The van der Waals surface area contributed by atoms with E-state index in [2.05, 4.69) is 42.5 Å². The molecule has 192 valence electrons. The first-order chi connectivity index (χ1) is 18.1. The van der Waals surface area contributed by atoms with E-state index in [4.69, 9.17) is 4.74 Å². The van der Waals surface area contributed by atoms with Crippen LogP contribution in [-0.2, 0) is 13.2 Å². The predicted octanol–water partition coefficient (Wildman–Crippen LogP) is 6.23. The topological polar surface area (TPSA) is 69.3 Å². The quantitative estimate of drug-likeness (QED) is 0.297. The summed E-state index contributed by atoms with van der Waals surface area (Å²) in [6, 6.07) is 19.6. The van der Waals surface area contributed by atoms with Gasteiger partial charge in [0.15, 0.2) is 0 Å². The van der Waals surface area contributed by atoms with Gasteiger partial charge in [-0.3, -0.25) is 9.48 Å². The van der Waals surface area contributed by atoms with E-state index in [0.717, 1.165) is 78.6 Å². The summed E-state index contributed by atoms with van der Waals surface area (Å²) in [5, 5.41) is 14.9. The lowest BCUT2D eigenvalue weighted by Gasteiger charge is -2.29. The van der Waals surface area contributed by atoms with Gasteiger partial charge in [0, 0.05) is 36.1 Å². The number of aromatic nitrogens is 3. The van der Waals surface area contributed by atoms with Crippen molar-refractivity contribution in [1.29, 1.82) is 0 Å². The number of hydrogen-bond acceptors (Lipinski definition) is 4. The Morgan fingerprint density at radius 2 is 1.81 bits per heavy atom. The molecule has 2 heterocycles. The Morgan fingerprint density at radius 3 is 2.59 bits per heavy atom. The summed E-state index contributed by atoms with van der Waals surface area (Å²) in [5.41, 5.74) is 4.93. The number of unbranched alkanes of at least 4 members (excludes halogenated alkanes) is 1. The van der Waals surface area contributed by atoms with E-state index < -0.39 is 6.10 Å². The number of hydrogen-bond donors (Lipinski definition) is 1. The van der Waals surface area contributed by atoms with Gasteiger partial charge in [-0.25, -0.2) is 0 Å². The first kappa shape index (κ1) is 25.0. The third kappa shape index (κ3) is 5.86. The van der Waals surface area contributed by atoms with E-state index in [1.165, 1.54) is 0 Å². The maximum absolute atomic E-state index is 13.0. The van der Waals surface area contributed by atoms with Crippen molar-refractivity contribution < 1.29 is 9.84 Å². The van der Waals surface area contributed by atoms with Gasteiger partial charge in [-0.2, -0.15) is 5.10 Å². The normalized spacial score (nSPS) is 17.6. The van der Waals surface area contributed by atoms with Crippen molar-refractivity contribution in [2.45, 2.75) is 70.7 Å². The van der Waals surface area contributed by atoms with Gasteiger partial charge in [0.25, 0.3) is 5.56 Å². The summed E-state index contributed by atoms with van der Waals surface area (Å²) in [5.74, 6) is 0.735. The van der Waals surface area contributed by atoms with Gasteiger partial charge in [-0.1, -0.05) is 68.7 Å². The lowest BCUT2D eigenvalue weighted by molar-refractivity contribution is 0.0738. The molecule has 1 fully saturated rings. The van der Waals surface area contributed by atoms with Crippen molar-refractivity contribution >= 4 is 0 Å². The fourth-order valence-electron chi connectivity index (χ4n) is 5.09. The Kier molecular flexibility index (Phi) is 7.85. The highest BCUT2D eigenvalue weighted by molar-refractivity contribution is 5.70. The molecule has 2 atom stereocenters. The molecule has 1 aliphatic rings. The van der Waals surface area contributed by atoms with E-state index >= 15 is 0 Å². The molecule has 0 unspecified atom stereocenters. The molecule has 0 amide bonds. The maximum Gasteiger partial charge on any atom is 0.251 e. The van der Waals surface area contributed by atoms with Gasteiger partial charge >= 0.3 is 0 Å². The van der Waals surface area contributed by atoms with Crippen molar-refractivity contribution in [3.8, 4) is 28.0 Å². The second kappa shape index (κ2) is 11.6. The summed E-state index contributed by atoms with van der Waals surface area (Å²) < 4.78 is 9.90. The predicted molar refractivity (Wildman–Crippen MR) is 147 cm³/mol. The van der Waals surface area contributed by atoms with Crippen LogP contribution in [0.1, 0.15) is 57.1 Å². The first-order valence-electron chi connectivity index (χ1n) is 13.4. The third-order valence-electron chi connectivity index (χ3n) is 7.25. The molecule has 6 nitrogen and oxygen atoms in total. The molecule has 5 rings (SSSR count). The number of ether oxygens (including phenoxy) is 1. The van der Waals surface area contributed by atoms with Crippen LogP contribution in [0, 0.1) is 0 Å². The minimum Gasteiger partial charge on any atom is -0.488 e. The average molecular weight is 498 g/mol. The smallest absolute Gasteiger partial charge is 0.251 e. The Labute approximate surface area is 218 Å². The number of nitrogens with zero attached hydrogens (tertiary/aromatic N) is 3. The summed E-state index contributed by atoms with van der Waals surface area (Å²) in [4.78, 5) is 13.0. The second-order valence-corrected chi connectivity index (χ2v) is 9.91. The van der Waals surface area contributed by atoms with Crippen LogP contribution in [0.15, 0.2) is 84.0 Å². The van der Waals surface area contributed by atoms with Crippen molar-refractivity contribution in [2.75, 3.05) is 0 Å². The molecule has 0 bridgehead atoms. The SMILES string of the molecule is CCCCn1cc(-c2ccc(COc3ccccc3-c3ccn([C@H]4CCCC[C@@H]4O)c(=O)c3)cc2)cn1. The average Bonchev–Trinajstić information content (AvgIpc) is 3.41. The molecule has 2 aromatic heterocycles. The fourth-order valence-corrected chi connectivity index (χ4v) is 5.09. The van der Waals surface area contributed by atoms with Gasteiger partial charge in [0.1, 0.15) is 12.4 Å². The number of pyridine rings is 1. The van der Waals surface area contributed by atoms with Crippen LogP contribution in [-0.4, -0.2) is 25.6 Å². The standard InChI is InChI=1S/C31H35N3O3/c1-2-3-17-33-21-26(20-32-33)24-14-12-23(13-15-24)22-37-30-11-7-4-8-27(30)25-16-18-34(31(36)19-25)28-9-5-6-10-29(28)35/h4,7-8,11-16,18-21,28-29,35H,2-3,5-6,9-10,17,22H2,1H3/t28-,29-/m0/s1. The second-order valence-electron chi connectivity index (χ2n) is 9.91. The zero-order chi connectivity index (χ0) is 25.6. The van der Waals surface area contributed by atoms with Crippen LogP contribution in [0.4, 0.5) is 0 Å². The molecule has 0 aliphatic heterocycles. The molecule has 0 saturated heterocycles. The molecule has 0 spiro atoms. The molecule has 1 saturated carbocycles. The zero-order valence-corrected chi connectivity index (χ0v) is 21.4. The van der Waals surface area contributed by atoms with E-state index in [0.29, 0.717) is 6.61 Å². The Bertz CT molecular complexity index is 1370. The van der Waals surface area contributed by atoms with Crippen LogP contribution in [0.2, 0.25) is 0 Å². The van der Waals surface area contributed by atoms with E-state index in [1.807, 2.05) is 47.4 Å². The van der Waals surface area contributed by atoms with Crippen molar-refractivity contribution in [3.63, 3.8) is 0 Å². The highest BCUT2D eigenvalue weighted by Crippen LogP contribution is 2.32. The number of aliphatic hydroxyl groups excluding tert-OH is 1. The van der Waals surface area contributed by atoms with Crippen molar-refractivity contribution in [2.24, 2.45) is 0 Å². The first-order valence-corrected chi connectivity index (χ1v) is 13.4. The monoisotopic (exact) mass is 497 g/mol. The molecular formula is C31H35N3O3. The lowest BCUT2D eigenvalue weighted by Crippen LogP contribution is -2.34. The Hall–Kier alpha value is -3.64. The molecule has 4 aromatic rings. The summed E-state index contributed by atoms with van der Waals surface area (Å²) in [7, 11) is 0. The lowest BCUT2D eigenvalue weighted by atomic mass is 9.92. The molecule has 1 N–H and O–H groups in total. The number of para-hydroxylation sites is 1. The van der Waals surface area contributed by atoms with Gasteiger partial charge in [0.05, 0.1) is 18.3 Å². The van der Waals surface area contributed by atoms with Crippen molar-refractivity contribution in [1.82, 2.24) is 14.3 Å². The Balaban J connectivity index is 1.28. The summed E-state index contributed by atoms with van der Waals surface area (Å²) in [6.45, 7) is 3.56. The van der Waals surface area contributed by atoms with Crippen LogP contribution < -0.4 is 10.3 Å². The van der Waals surface area contributed by atoms with Gasteiger partial charge < -0.3 is 14.4 Å². The van der Waals surface area contributed by atoms with E-state index in [9.17, 15) is 9.90 Å². The fraction of sp³-hybridized carbons (Fsp3) is 0.355. The van der Waals surface area contributed by atoms with Crippen LogP contribution in [0.25, 0.3) is 22.3 Å². The zero-order valence-electron chi connectivity index (χ0n) is 21.4. The number of aliphatic hydroxyl groups is 1. The molecule has 2 aromatic carbocycles. The number of benzene rings is 2. The number of rotatable bonds is 9. The Morgan fingerprint density at radius 1 is 1.00 bits per heavy atom. The van der Waals surface area contributed by atoms with E-state index in [-0.39, 0.29) is 11.6 Å². The molecular weight excluding hydrogens is 462 g/mol. The number of aryl methyl sites for hydroxylation is 1. The third-order valence-corrected chi connectivity index (χ3v) is 7.25. The molecule has 37 heavy (non-hydrogen) atoms. The minimum atomic E-state index is -0.462. The van der Waals surface area contributed by atoms with Gasteiger partial charge in [-0.15, -0.1) is 0 Å². The maximum atomic E-state index is 13.0. The summed E-state index contributed by atoms with van der Waals surface area (Å²) >= 11 is 0. The van der Waals surface area contributed by atoms with Crippen LogP contribution in [0.3, 0.4) is 0 Å². The van der Waals surface area contributed by atoms with Gasteiger partial charge in [-0.05, 0) is 48.1 Å². The van der Waals surface area contributed by atoms with Gasteiger partial charge in [0.2, 0.25) is 0 Å². The van der Waals surface area contributed by atoms with Crippen LogP contribution >= 0.6 is 0 Å².